The van der Waals surface area contributed by atoms with Crippen molar-refractivity contribution in [1.82, 2.24) is 14.8 Å². The highest BCUT2D eigenvalue weighted by Crippen LogP contribution is 2.08. The molecule has 0 aromatic carbocycles. The van der Waals surface area contributed by atoms with Crippen molar-refractivity contribution in [2.75, 3.05) is 0 Å². The van der Waals surface area contributed by atoms with Crippen molar-refractivity contribution in [1.29, 1.82) is 0 Å². The van der Waals surface area contributed by atoms with Gasteiger partial charge in [-0.05, 0) is 31.5 Å². The maximum atomic E-state index is 4.36. The third kappa shape index (κ3) is 1.45. The molecule has 0 aliphatic carbocycles. The summed E-state index contributed by atoms with van der Waals surface area (Å²) >= 11 is 0. The number of pyridine rings is 1. The molecule has 0 aliphatic rings. The smallest absolute Gasteiger partial charge is 0.0828 e. The molecule has 0 saturated heterocycles. The first-order valence-corrected chi connectivity index (χ1v) is 4.20. The van der Waals surface area contributed by atoms with Crippen LogP contribution in [0.2, 0.25) is 0 Å². The Balaban J connectivity index is 2.48. The van der Waals surface area contributed by atoms with E-state index in [-0.39, 0.29) is 0 Å². The number of aromatic nitrogens is 3. The van der Waals surface area contributed by atoms with Crippen LogP contribution in [0.25, 0.3) is 5.69 Å². The van der Waals surface area contributed by atoms with E-state index in [9.17, 15) is 0 Å². The van der Waals surface area contributed by atoms with E-state index in [0.29, 0.717) is 0 Å². The van der Waals surface area contributed by atoms with Crippen molar-refractivity contribution in [3.63, 3.8) is 0 Å². The van der Waals surface area contributed by atoms with E-state index < -0.39 is 0 Å². The van der Waals surface area contributed by atoms with Gasteiger partial charge < -0.3 is 0 Å². The van der Waals surface area contributed by atoms with Crippen molar-refractivity contribution in [3.05, 3.63) is 42.0 Å². The second kappa shape index (κ2) is 3.01. The van der Waals surface area contributed by atoms with Gasteiger partial charge in [0.1, 0.15) is 0 Å². The van der Waals surface area contributed by atoms with Crippen molar-refractivity contribution < 1.29 is 0 Å². The van der Waals surface area contributed by atoms with Gasteiger partial charge in [0.15, 0.2) is 0 Å². The Morgan fingerprint density at radius 1 is 1.31 bits per heavy atom. The lowest BCUT2D eigenvalue weighted by molar-refractivity contribution is 0.857. The molecule has 0 amide bonds. The first-order chi connectivity index (χ1) is 6.27. The average molecular weight is 173 g/mol. The lowest BCUT2D eigenvalue weighted by Gasteiger charge is -1.97. The molecule has 0 N–H and O–H groups in total. The number of rotatable bonds is 1. The lowest BCUT2D eigenvalue weighted by Crippen LogP contribution is -1.94. The van der Waals surface area contributed by atoms with E-state index in [2.05, 4.69) is 17.0 Å². The quantitative estimate of drug-likeness (QED) is 0.659. The molecule has 2 aromatic rings. The largest absolute Gasteiger partial charge is 0.262 e. The van der Waals surface area contributed by atoms with Crippen molar-refractivity contribution >= 4 is 0 Å². The molecular weight excluding hydrogens is 162 g/mol. The third-order valence-corrected chi connectivity index (χ3v) is 2.05. The zero-order valence-electron chi connectivity index (χ0n) is 7.73. The summed E-state index contributed by atoms with van der Waals surface area (Å²) in [6.07, 6.45) is 5.56. The van der Waals surface area contributed by atoms with Gasteiger partial charge in [-0.2, -0.15) is 5.10 Å². The Morgan fingerprint density at radius 2 is 2.15 bits per heavy atom. The Bertz CT molecular complexity index is 384. The van der Waals surface area contributed by atoms with Crippen LogP contribution in [-0.4, -0.2) is 14.8 Å². The molecule has 13 heavy (non-hydrogen) atoms. The Kier molecular flexibility index (Phi) is 1.85. The molecular formula is C10H11N3. The number of aryl methyl sites for hydroxylation is 2. The fourth-order valence-electron chi connectivity index (χ4n) is 1.17. The van der Waals surface area contributed by atoms with E-state index in [1.54, 1.807) is 12.4 Å². The normalized spacial score (nSPS) is 10.3. The molecule has 2 heterocycles. The van der Waals surface area contributed by atoms with E-state index >= 15 is 0 Å². The van der Waals surface area contributed by atoms with Gasteiger partial charge in [-0.1, -0.05) is 0 Å². The van der Waals surface area contributed by atoms with E-state index in [1.807, 2.05) is 29.9 Å². The molecule has 3 heteroatoms. The van der Waals surface area contributed by atoms with Gasteiger partial charge in [-0.15, -0.1) is 0 Å². The summed E-state index contributed by atoms with van der Waals surface area (Å²) in [6.45, 7) is 4.05. The summed E-state index contributed by atoms with van der Waals surface area (Å²) in [7, 11) is 0. The lowest BCUT2D eigenvalue weighted by atomic mass is 10.3. The van der Waals surface area contributed by atoms with Crippen LogP contribution in [0.3, 0.4) is 0 Å². The van der Waals surface area contributed by atoms with Gasteiger partial charge >= 0.3 is 0 Å². The van der Waals surface area contributed by atoms with Crippen LogP contribution in [0.4, 0.5) is 0 Å². The van der Waals surface area contributed by atoms with Crippen LogP contribution in [0.5, 0.6) is 0 Å². The number of hydrogen-bond donors (Lipinski definition) is 0. The van der Waals surface area contributed by atoms with Gasteiger partial charge in [0.25, 0.3) is 0 Å². The topological polar surface area (TPSA) is 30.7 Å². The number of hydrogen-bond acceptors (Lipinski definition) is 2. The highest BCUT2D eigenvalue weighted by Gasteiger charge is 2.00. The maximum Gasteiger partial charge on any atom is 0.0828 e. The van der Waals surface area contributed by atoms with Gasteiger partial charge in [-0.3, -0.25) is 4.98 Å². The van der Waals surface area contributed by atoms with Crippen LogP contribution in [0, 0.1) is 13.8 Å². The zero-order valence-corrected chi connectivity index (χ0v) is 7.73. The van der Waals surface area contributed by atoms with E-state index in [4.69, 9.17) is 0 Å². The maximum absolute atomic E-state index is 4.36. The van der Waals surface area contributed by atoms with Crippen molar-refractivity contribution in [2.24, 2.45) is 0 Å². The molecule has 0 spiro atoms. The molecule has 0 radical (unpaired) electrons. The van der Waals surface area contributed by atoms with Crippen LogP contribution in [0.1, 0.15) is 11.3 Å². The molecule has 0 unspecified atom stereocenters. The minimum Gasteiger partial charge on any atom is -0.262 e. The predicted octanol–water partition coefficient (Wildman–Crippen LogP) is 1.88. The van der Waals surface area contributed by atoms with Crippen LogP contribution < -0.4 is 0 Å². The molecule has 0 fully saturated rings. The molecule has 0 atom stereocenters. The fraction of sp³-hybridized carbons (Fsp3) is 0.200. The third-order valence-electron chi connectivity index (χ3n) is 2.05. The Morgan fingerprint density at radius 3 is 2.69 bits per heavy atom. The highest BCUT2D eigenvalue weighted by atomic mass is 15.3. The Hall–Kier alpha value is -1.64. The summed E-state index contributed by atoms with van der Waals surface area (Å²) in [4.78, 5) is 4.04. The van der Waals surface area contributed by atoms with Gasteiger partial charge in [0, 0.05) is 12.4 Å². The molecule has 2 aromatic heterocycles. The van der Waals surface area contributed by atoms with Crippen LogP contribution in [0.15, 0.2) is 30.7 Å². The van der Waals surface area contributed by atoms with Gasteiger partial charge in [0.05, 0.1) is 17.6 Å². The van der Waals surface area contributed by atoms with Crippen LogP contribution in [-0.2, 0) is 0 Å². The second-order valence-corrected chi connectivity index (χ2v) is 3.05. The minimum absolute atomic E-state index is 0.999. The summed E-state index contributed by atoms with van der Waals surface area (Å²) in [5, 5.41) is 4.36. The molecule has 0 bridgehead atoms. The molecule has 3 nitrogen and oxygen atoms in total. The molecule has 0 saturated carbocycles. The van der Waals surface area contributed by atoms with Gasteiger partial charge in [0.2, 0.25) is 0 Å². The zero-order chi connectivity index (χ0) is 9.26. The molecule has 66 valence electrons. The van der Waals surface area contributed by atoms with Crippen LogP contribution >= 0.6 is 0 Å². The number of nitrogens with zero attached hydrogens (tertiary/aromatic N) is 3. The second-order valence-electron chi connectivity index (χ2n) is 3.05. The summed E-state index contributed by atoms with van der Waals surface area (Å²) in [5.41, 5.74) is 3.26. The summed E-state index contributed by atoms with van der Waals surface area (Å²) in [5.74, 6) is 0. The summed E-state index contributed by atoms with van der Waals surface area (Å²) < 4.78 is 1.84. The van der Waals surface area contributed by atoms with Gasteiger partial charge in [-0.25, -0.2) is 4.68 Å². The SMILES string of the molecule is Cc1cn(-c2cccnc2)nc1C. The predicted molar refractivity (Wildman–Crippen MR) is 50.8 cm³/mol. The van der Waals surface area contributed by atoms with E-state index in [0.717, 1.165) is 11.4 Å². The standard InChI is InChI=1S/C10H11N3/c1-8-7-13(12-9(8)2)10-4-3-5-11-6-10/h3-7H,1-2H3. The Labute approximate surface area is 77.0 Å². The molecule has 0 aliphatic heterocycles. The van der Waals surface area contributed by atoms with E-state index in [1.165, 1.54) is 5.56 Å². The monoisotopic (exact) mass is 173 g/mol. The summed E-state index contributed by atoms with van der Waals surface area (Å²) in [6, 6.07) is 3.89. The average Bonchev–Trinajstić information content (AvgIpc) is 2.49. The fourth-order valence-corrected chi connectivity index (χ4v) is 1.17. The highest BCUT2D eigenvalue weighted by molar-refractivity contribution is 5.29. The molecule has 2 rings (SSSR count). The van der Waals surface area contributed by atoms with Crippen molar-refractivity contribution in [3.8, 4) is 5.69 Å². The van der Waals surface area contributed by atoms with Crippen molar-refractivity contribution in [2.45, 2.75) is 13.8 Å². The minimum atomic E-state index is 0.999. The first-order valence-electron chi connectivity index (χ1n) is 4.20. The first kappa shape index (κ1) is 7.98.